The smallest absolute Gasteiger partial charge is 0.273 e. The minimum atomic E-state index is -0.217. The van der Waals surface area contributed by atoms with Crippen molar-refractivity contribution >= 4 is 23.4 Å². The minimum absolute atomic E-state index is 0.0376. The summed E-state index contributed by atoms with van der Waals surface area (Å²) in [7, 11) is 0. The van der Waals surface area contributed by atoms with E-state index < -0.39 is 0 Å². The topological polar surface area (TPSA) is 34.9 Å². The summed E-state index contributed by atoms with van der Waals surface area (Å²) in [5, 5.41) is 1.46. The molecule has 1 heterocycles. The van der Waals surface area contributed by atoms with Crippen LogP contribution in [0.5, 0.6) is 0 Å². The second-order valence-electron chi connectivity index (χ2n) is 5.29. The molecule has 0 saturated carbocycles. The van der Waals surface area contributed by atoms with Crippen molar-refractivity contribution in [2.75, 3.05) is 0 Å². The van der Waals surface area contributed by atoms with E-state index >= 15 is 0 Å². The van der Waals surface area contributed by atoms with Crippen LogP contribution in [0.25, 0.3) is 0 Å². The maximum Gasteiger partial charge on any atom is 0.273 e. The van der Waals surface area contributed by atoms with Crippen molar-refractivity contribution in [1.29, 1.82) is 0 Å². The molecule has 0 N–H and O–H groups in total. The van der Waals surface area contributed by atoms with Gasteiger partial charge < -0.3 is 4.57 Å². The minimum Gasteiger partial charge on any atom is -0.328 e. The molecule has 5 heteroatoms. The van der Waals surface area contributed by atoms with E-state index in [0.29, 0.717) is 10.2 Å². The molecule has 0 aliphatic rings. The van der Waals surface area contributed by atoms with Crippen LogP contribution in [0.3, 0.4) is 0 Å². The van der Waals surface area contributed by atoms with Crippen LogP contribution in [0.1, 0.15) is 23.3 Å². The molecule has 0 bridgehead atoms. The Morgan fingerprint density at radius 3 is 2.38 bits per heavy atom. The fraction of sp³-hybridized carbons (Fsp3) is 0.158. The average molecular weight is 357 g/mol. The molecule has 3 rings (SSSR count). The molecule has 3 aromatic rings. The number of rotatable bonds is 5. The average Bonchev–Trinajstić information content (AvgIpc) is 2.61. The standard InChI is InChI=1S/C19H17ClN2OS/c1-2-22-13-12-17(23)21-19(22)24-18(14-6-4-3-5-7-14)15-8-10-16(20)11-9-15/h3-13,18H,2H2,1H3. The molecule has 0 fully saturated rings. The third-order valence-corrected chi connectivity index (χ3v) is 5.26. The van der Waals surface area contributed by atoms with Gasteiger partial charge in [-0.3, -0.25) is 4.79 Å². The van der Waals surface area contributed by atoms with E-state index in [1.165, 1.54) is 6.07 Å². The van der Waals surface area contributed by atoms with Crippen LogP contribution in [0, 0.1) is 0 Å². The summed E-state index contributed by atoms with van der Waals surface area (Å²) in [5.41, 5.74) is 2.06. The molecule has 0 amide bonds. The normalized spacial score (nSPS) is 12.1. The van der Waals surface area contributed by atoms with Gasteiger partial charge in [-0.15, -0.1) is 0 Å². The molecule has 0 saturated heterocycles. The zero-order chi connectivity index (χ0) is 16.9. The van der Waals surface area contributed by atoms with Crippen molar-refractivity contribution in [3.05, 3.63) is 93.4 Å². The zero-order valence-corrected chi connectivity index (χ0v) is 14.8. The highest BCUT2D eigenvalue weighted by molar-refractivity contribution is 7.99. The molecule has 0 aliphatic heterocycles. The Bertz CT molecular complexity index is 863. The summed E-state index contributed by atoms with van der Waals surface area (Å²) >= 11 is 7.60. The molecule has 1 aromatic heterocycles. The number of aromatic nitrogens is 2. The van der Waals surface area contributed by atoms with Gasteiger partial charge in [0.25, 0.3) is 5.56 Å². The van der Waals surface area contributed by atoms with Gasteiger partial charge in [-0.25, -0.2) is 0 Å². The van der Waals surface area contributed by atoms with Crippen molar-refractivity contribution in [1.82, 2.24) is 9.55 Å². The summed E-state index contributed by atoms with van der Waals surface area (Å²) < 4.78 is 1.98. The van der Waals surface area contributed by atoms with Gasteiger partial charge in [0.2, 0.25) is 0 Å². The van der Waals surface area contributed by atoms with Crippen LogP contribution in [0.15, 0.2) is 76.8 Å². The van der Waals surface area contributed by atoms with Crippen LogP contribution < -0.4 is 5.56 Å². The highest BCUT2D eigenvalue weighted by Crippen LogP contribution is 2.39. The fourth-order valence-electron chi connectivity index (χ4n) is 2.45. The van der Waals surface area contributed by atoms with E-state index in [1.54, 1.807) is 18.0 Å². The van der Waals surface area contributed by atoms with Crippen LogP contribution in [0.2, 0.25) is 5.02 Å². The van der Waals surface area contributed by atoms with E-state index in [1.807, 2.05) is 54.0 Å². The van der Waals surface area contributed by atoms with Crippen LogP contribution in [-0.4, -0.2) is 9.55 Å². The van der Waals surface area contributed by atoms with E-state index in [4.69, 9.17) is 11.6 Å². The monoisotopic (exact) mass is 356 g/mol. The Morgan fingerprint density at radius 1 is 1.04 bits per heavy atom. The van der Waals surface area contributed by atoms with E-state index in [-0.39, 0.29) is 10.8 Å². The van der Waals surface area contributed by atoms with Crippen molar-refractivity contribution in [2.45, 2.75) is 23.9 Å². The molecular weight excluding hydrogens is 340 g/mol. The van der Waals surface area contributed by atoms with Crippen molar-refractivity contribution in [3.8, 4) is 0 Å². The van der Waals surface area contributed by atoms with Gasteiger partial charge in [-0.1, -0.05) is 65.8 Å². The lowest BCUT2D eigenvalue weighted by atomic mass is 10.0. The molecule has 0 spiro atoms. The summed E-state index contributed by atoms with van der Waals surface area (Å²) in [5.74, 6) is 0. The van der Waals surface area contributed by atoms with Gasteiger partial charge in [-0.2, -0.15) is 4.98 Å². The summed E-state index contributed by atoms with van der Waals surface area (Å²) in [6.07, 6.45) is 1.79. The number of nitrogens with zero attached hydrogens (tertiary/aromatic N) is 2. The Morgan fingerprint density at radius 2 is 1.71 bits per heavy atom. The van der Waals surface area contributed by atoms with Gasteiger partial charge in [0, 0.05) is 23.8 Å². The largest absolute Gasteiger partial charge is 0.328 e. The zero-order valence-electron chi connectivity index (χ0n) is 13.2. The molecule has 3 nitrogen and oxygen atoms in total. The third kappa shape index (κ3) is 3.89. The van der Waals surface area contributed by atoms with Gasteiger partial charge in [-0.05, 0) is 30.2 Å². The predicted molar refractivity (Wildman–Crippen MR) is 99.8 cm³/mol. The van der Waals surface area contributed by atoms with Gasteiger partial charge in [0.15, 0.2) is 5.16 Å². The second-order valence-corrected chi connectivity index (χ2v) is 6.80. The van der Waals surface area contributed by atoms with Crippen molar-refractivity contribution in [2.24, 2.45) is 0 Å². The molecule has 0 aliphatic carbocycles. The first-order valence-corrected chi connectivity index (χ1v) is 8.97. The maximum atomic E-state index is 11.7. The quantitative estimate of drug-likeness (QED) is 0.486. The molecule has 122 valence electrons. The van der Waals surface area contributed by atoms with E-state index in [2.05, 4.69) is 17.1 Å². The van der Waals surface area contributed by atoms with Crippen LogP contribution >= 0.6 is 23.4 Å². The summed E-state index contributed by atoms with van der Waals surface area (Å²) in [6, 6.07) is 19.5. The van der Waals surface area contributed by atoms with Gasteiger partial charge in [0.1, 0.15) is 0 Å². The van der Waals surface area contributed by atoms with E-state index in [0.717, 1.165) is 17.7 Å². The number of thioether (sulfide) groups is 1. The number of aryl methyl sites for hydroxylation is 1. The molecule has 2 aromatic carbocycles. The van der Waals surface area contributed by atoms with E-state index in [9.17, 15) is 4.79 Å². The number of benzene rings is 2. The first kappa shape index (κ1) is 16.8. The summed E-state index contributed by atoms with van der Waals surface area (Å²) in [4.78, 5) is 15.9. The molecule has 24 heavy (non-hydrogen) atoms. The molecule has 1 unspecified atom stereocenters. The number of halogens is 1. The summed E-state index contributed by atoms with van der Waals surface area (Å²) in [6.45, 7) is 2.80. The van der Waals surface area contributed by atoms with Crippen molar-refractivity contribution in [3.63, 3.8) is 0 Å². The van der Waals surface area contributed by atoms with Gasteiger partial charge in [0.05, 0.1) is 5.25 Å². The maximum absolute atomic E-state index is 11.7. The third-order valence-electron chi connectivity index (χ3n) is 3.69. The lowest BCUT2D eigenvalue weighted by Crippen LogP contribution is -2.13. The Balaban J connectivity index is 2.04. The SMILES string of the molecule is CCn1ccc(=O)nc1SC(c1ccccc1)c1ccc(Cl)cc1. The second kappa shape index (κ2) is 7.69. The lowest BCUT2D eigenvalue weighted by Gasteiger charge is -2.19. The fourth-order valence-corrected chi connectivity index (χ4v) is 3.84. The van der Waals surface area contributed by atoms with Crippen molar-refractivity contribution < 1.29 is 0 Å². The Labute approximate surface area is 150 Å². The molecular formula is C19H17ClN2OS. The molecule has 1 atom stereocenters. The van der Waals surface area contributed by atoms with Gasteiger partial charge >= 0.3 is 0 Å². The Kier molecular flexibility index (Phi) is 5.38. The number of hydrogen-bond acceptors (Lipinski definition) is 3. The van der Waals surface area contributed by atoms with Crippen LogP contribution in [0.4, 0.5) is 0 Å². The first-order valence-electron chi connectivity index (χ1n) is 7.72. The predicted octanol–water partition coefficient (Wildman–Crippen LogP) is 4.80. The highest BCUT2D eigenvalue weighted by Gasteiger charge is 2.18. The lowest BCUT2D eigenvalue weighted by molar-refractivity contribution is 0.639. The highest BCUT2D eigenvalue weighted by atomic mass is 35.5. The Hall–Kier alpha value is -2.04. The molecule has 0 radical (unpaired) electrons. The number of hydrogen-bond donors (Lipinski definition) is 0. The first-order chi connectivity index (χ1) is 11.7. The van der Waals surface area contributed by atoms with Crippen LogP contribution in [-0.2, 0) is 6.54 Å².